The van der Waals surface area contributed by atoms with Crippen LogP contribution in [-0.2, 0) is 19.6 Å². The molecule has 0 aliphatic rings. The van der Waals surface area contributed by atoms with Gasteiger partial charge in [0.15, 0.2) is 11.6 Å². The Morgan fingerprint density at radius 2 is 1.92 bits per heavy atom. The first kappa shape index (κ1) is 21.4. The van der Waals surface area contributed by atoms with Gasteiger partial charge in [0.1, 0.15) is 0 Å². The van der Waals surface area contributed by atoms with Gasteiger partial charge in [0.25, 0.3) is 0 Å². The SMILES string of the molecule is COCC(CNc1nc(OS(=O)(=O)C(F)(F)F)ccc1F)OC(C)C. The number of nitrogens with one attached hydrogen (secondary N) is 1. The largest absolute Gasteiger partial charge is 0.534 e. The molecule has 0 radical (unpaired) electrons. The molecule has 0 bridgehead atoms. The van der Waals surface area contributed by atoms with Crippen LogP contribution in [0.3, 0.4) is 0 Å². The fraction of sp³-hybridized carbons (Fsp3) is 0.615. The second-order valence-electron chi connectivity index (χ2n) is 5.11. The summed E-state index contributed by atoms with van der Waals surface area (Å²) in [4.78, 5) is 3.40. The van der Waals surface area contributed by atoms with Gasteiger partial charge in [-0.05, 0) is 19.9 Å². The zero-order valence-electron chi connectivity index (χ0n) is 13.6. The van der Waals surface area contributed by atoms with Crippen LogP contribution in [0.2, 0.25) is 0 Å². The first-order valence-corrected chi connectivity index (χ1v) is 8.42. The number of hydrogen-bond donors (Lipinski definition) is 1. The molecule has 12 heteroatoms. The van der Waals surface area contributed by atoms with Gasteiger partial charge in [0.05, 0.1) is 18.8 Å². The van der Waals surface area contributed by atoms with Crippen LogP contribution < -0.4 is 9.50 Å². The molecule has 144 valence electrons. The number of rotatable bonds is 9. The van der Waals surface area contributed by atoms with Crippen LogP contribution in [0.25, 0.3) is 0 Å². The molecule has 1 heterocycles. The van der Waals surface area contributed by atoms with Crippen LogP contribution in [0, 0.1) is 5.82 Å². The molecular formula is C13H18F4N2O5S. The number of alkyl halides is 3. The van der Waals surface area contributed by atoms with E-state index in [1.165, 1.54) is 7.11 Å². The molecule has 1 aromatic heterocycles. The lowest BCUT2D eigenvalue weighted by molar-refractivity contribution is -0.0501. The molecule has 1 rings (SSSR count). The van der Waals surface area contributed by atoms with Crippen LogP contribution in [0.5, 0.6) is 5.88 Å². The number of ether oxygens (including phenoxy) is 2. The number of methoxy groups -OCH3 is 1. The van der Waals surface area contributed by atoms with E-state index in [0.29, 0.717) is 6.07 Å². The Labute approximate surface area is 142 Å². The average molecular weight is 390 g/mol. The Balaban J connectivity index is 2.87. The van der Waals surface area contributed by atoms with E-state index in [-0.39, 0.29) is 19.3 Å². The number of pyridine rings is 1. The Morgan fingerprint density at radius 3 is 2.44 bits per heavy atom. The second-order valence-corrected chi connectivity index (χ2v) is 6.64. The van der Waals surface area contributed by atoms with Gasteiger partial charge in [0, 0.05) is 19.7 Å². The molecule has 0 amide bonds. The molecule has 0 aliphatic carbocycles. The zero-order valence-corrected chi connectivity index (χ0v) is 14.4. The minimum Gasteiger partial charge on any atom is -0.382 e. The van der Waals surface area contributed by atoms with E-state index in [0.717, 1.165) is 6.07 Å². The van der Waals surface area contributed by atoms with Crippen molar-refractivity contribution in [3.63, 3.8) is 0 Å². The molecule has 0 fully saturated rings. The van der Waals surface area contributed by atoms with E-state index in [4.69, 9.17) is 9.47 Å². The highest BCUT2D eigenvalue weighted by atomic mass is 32.2. The van der Waals surface area contributed by atoms with Crippen molar-refractivity contribution in [3.8, 4) is 5.88 Å². The van der Waals surface area contributed by atoms with Crippen LogP contribution >= 0.6 is 0 Å². The Hall–Kier alpha value is -1.66. The molecule has 0 aliphatic heterocycles. The van der Waals surface area contributed by atoms with Gasteiger partial charge in [-0.3, -0.25) is 0 Å². The summed E-state index contributed by atoms with van der Waals surface area (Å²) in [5, 5.41) is 2.52. The highest BCUT2D eigenvalue weighted by Gasteiger charge is 2.48. The van der Waals surface area contributed by atoms with Gasteiger partial charge in [-0.25, -0.2) is 4.39 Å². The van der Waals surface area contributed by atoms with Crippen molar-refractivity contribution in [1.82, 2.24) is 4.98 Å². The molecule has 7 nitrogen and oxygen atoms in total. The van der Waals surface area contributed by atoms with Gasteiger partial charge < -0.3 is 19.0 Å². The van der Waals surface area contributed by atoms with Crippen molar-refractivity contribution in [2.75, 3.05) is 25.6 Å². The Bertz CT molecular complexity index is 667. The highest BCUT2D eigenvalue weighted by molar-refractivity contribution is 7.87. The standard InChI is InChI=1S/C13H18F4N2O5S/c1-8(2)23-9(7-22-3)6-18-12-10(14)4-5-11(19-12)24-25(20,21)13(15,16)17/h4-5,8-9H,6-7H2,1-3H3,(H,18,19). The van der Waals surface area contributed by atoms with Gasteiger partial charge in [-0.15, -0.1) is 0 Å². The number of hydrogen-bond acceptors (Lipinski definition) is 7. The lowest BCUT2D eigenvalue weighted by atomic mass is 10.3. The van der Waals surface area contributed by atoms with Gasteiger partial charge in [0.2, 0.25) is 5.88 Å². The predicted octanol–water partition coefficient (Wildman–Crippen LogP) is 2.30. The molecule has 1 N–H and O–H groups in total. The van der Waals surface area contributed by atoms with Crippen LogP contribution in [-0.4, -0.2) is 51.4 Å². The zero-order chi connectivity index (χ0) is 19.3. The summed E-state index contributed by atoms with van der Waals surface area (Å²) in [6.07, 6.45) is -0.638. The summed E-state index contributed by atoms with van der Waals surface area (Å²) in [5.41, 5.74) is -5.62. The summed E-state index contributed by atoms with van der Waals surface area (Å²) >= 11 is 0. The molecule has 1 aromatic rings. The Morgan fingerprint density at radius 1 is 1.28 bits per heavy atom. The number of aromatic nitrogens is 1. The number of anilines is 1. The van der Waals surface area contributed by atoms with Gasteiger partial charge in [-0.2, -0.15) is 26.6 Å². The number of halogens is 4. The van der Waals surface area contributed by atoms with Crippen LogP contribution in [0.15, 0.2) is 12.1 Å². The lowest BCUT2D eigenvalue weighted by Gasteiger charge is -2.20. The molecule has 0 saturated heterocycles. The maximum absolute atomic E-state index is 13.7. The fourth-order valence-electron chi connectivity index (χ4n) is 1.68. The van der Waals surface area contributed by atoms with E-state index in [1.54, 1.807) is 13.8 Å². The van der Waals surface area contributed by atoms with Crippen LogP contribution in [0.1, 0.15) is 13.8 Å². The lowest BCUT2D eigenvalue weighted by Crippen LogP contribution is -2.31. The smallest absolute Gasteiger partial charge is 0.382 e. The van der Waals surface area contributed by atoms with Crippen molar-refractivity contribution in [1.29, 1.82) is 0 Å². The topological polar surface area (TPSA) is 86.8 Å². The minimum absolute atomic E-state index is 0.0193. The molecule has 1 unspecified atom stereocenters. The highest BCUT2D eigenvalue weighted by Crippen LogP contribution is 2.27. The molecule has 0 aromatic carbocycles. The third-order valence-corrected chi connectivity index (χ3v) is 3.57. The third-order valence-electron chi connectivity index (χ3n) is 2.61. The Kier molecular flexibility index (Phi) is 7.38. The van der Waals surface area contributed by atoms with Crippen molar-refractivity contribution in [3.05, 3.63) is 17.9 Å². The first-order valence-electron chi connectivity index (χ1n) is 7.02. The van der Waals surface area contributed by atoms with E-state index in [2.05, 4.69) is 14.5 Å². The molecule has 1 atom stereocenters. The summed E-state index contributed by atoms with van der Waals surface area (Å²) in [6, 6.07) is 1.40. The summed E-state index contributed by atoms with van der Waals surface area (Å²) in [5.74, 6) is -2.31. The second kappa shape index (κ2) is 8.63. The molecule has 0 saturated carbocycles. The summed E-state index contributed by atoms with van der Waals surface area (Å²) in [7, 11) is -4.46. The minimum atomic E-state index is -5.89. The molecule has 0 spiro atoms. The van der Waals surface area contributed by atoms with Gasteiger partial charge >= 0.3 is 15.6 Å². The fourth-order valence-corrected chi connectivity index (χ4v) is 2.09. The van der Waals surface area contributed by atoms with Crippen molar-refractivity contribution in [2.24, 2.45) is 0 Å². The quantitative estimate of drug-likeness (QED) is 0.393. The normalized spacial score (nSPS) is 13.8. The molecular weight excluding hydrogens is 372 g/mol. The van der Waals surface area contributed by atoms with Gasteiger partial charge in [-0.1, -0.05) is 0 Å². The average Bonchev–Trinajstić information content (AvgIpc) is 2.45. The maximum Gasteiger partial charge on any atom is 0.534 e. The van der Waals surface area contributed by atoms with E-state index >= 15 is 0 Å². The van der Waals surface area contributed by atoms with Crippen LogP contribution in [0.4, 0.5) is 23.4 Å². The first-order chi connectivity index (χ1) is 11.5. The van der Waals surface area contributed by atoms with E-state index in [9.17, 15) is 26.0 Å². The number of nitrogens with zero attached hydrogens (tertiary/aromatic N) is 1. The summed E-state index contributed by atoms with van der Waals surface area (Å²) in [6.45, 7) is 3.74. The van der Waals surface area contributed by atoms with Crippen molar-refractivity contribution < 1.29 is 39.6 Å². The molecule has 25 heavy (non-hydrogen) atoms. The predicted molar refractivity (Wildman–Crippen MR) is 80.2 cm³/mol. The maximum atomic E-state index is 13.7. The summed E-state index contributed by atoms with van der Waals surface area (Å²) < 4.78 is 86.8. The van der Waals surface area contributed by atoms with Crippen molar-refractivity contribution in [2.45, 2.75) is 31.6 Å². The third kappa shape index (κ3) is 6.63. The van der Waals surface area contributed by atoms with E-state index < -0.39 is 39.2 Å². The monoisotopic (exact) mass is 390 g/mol. The van der Waals surface area contributed by atoms with E-state index in [1.807, 2.05) is 0 Å². The van der Waals surface area contributed by atoms with Crippen molar-refractivity contribution >= 4 is 15.9 Å².